The van der Waals surface area contributed by atoms with Gasteiger partial charge in [-0.25, -0.2) is 17.6 Å². The van der Waals surface area contributed by atoms with Crippen LogP contribution in [0.4, 0.5) is 17.6 Å². The Morgan fingerprint density at radius 3 is 2.03 bits per heavy atom. The molecule has 0 unspecified atom stereocenters. The van der Waals surface area contributed by atoms with E-state index in [0.717, 1.165) is 42.6 Å². The van der Waals surface area contributed by atoms with E-state index in [0.29, 0.717) is 12.3 Å². The van der Waals surface area contributed by atoms with E-state index >= 15 is 0 Å². The smallest absolute Gasteiger partial charge is 0.211 e. The second-order valence-corrected chi connectivity index (χ2v) is 9.08. The Balaban J connectivity index is 1.34. The molecule has 2 aliphatic rings. The zero-order valence-corrected chi connectivity index (χ0v) is 17.3. The van der Waals surface area contributed by atoms with Gasteiger partial charge in [0.05, 0.1) is 0 Å². The first-order valence-electron chi connectivity index (χ1n) is 11.4. The Labute approximate surface area is 172 Å². The number of allylic oxidation sites excluding steroid dienone is 2. The molecule has 1 aromatic carbocycles. The summed E-state index contributed by atoms with van der Waals surface area (Å²) in [6.07, 6.45) is 14.2. The number of rotatable bonds is 8. The van der Waals surface area contributed by atoms with E-state index in [1.807, 2.05) is 6.08 Å². The van der Waals surface area contributed by atoms with Gasteiger partial charge in [0, 0.05) is 6.42 Å². The number of benzene rings is 1. The van der Waals surface area contributed by atoms with Crippen LogP contribution < -0.4 is 0 Å². The maximum atomic E-state index is 13.5. The molecule has 4 heteroatoms. The SMILES string of the molecule is Fc1ccc(C2CCC([C@H]3CC[C@H](CC/C=C/CCC(F)F)CC3)CC2)cc1F. The number of alkyl halides is 2. The predicted octanol–water partition coefficient (Wildman–Crippen LogP) is 8.43. The quantitative estimate of drug-likeness (QED) is 0.298. The van der Waals surface area contributed by atoms with E-state index in [9.17, 15) is 17.6 Å². The number of hydrogen-bond donors (Lipinski definition) is 0. The van der Waals surface area contributed by atoms with Crippen LogP contribution in [0.1, 0.15) is 88.5 Å². The lowest BCUT2D eigenvalue weighted by Crippen LogP contribution is -2.25. The minimum absolute atomic E-state index is 0.0278. The summed E-state index contributed by atoms with van der Waals surface area (Å²) in [5.74, 6) is 1.26. The maximum absolute atomic E-state index is 13.5. The van der Waals surface area contributed by atoms with E-state index in [-0.39, 0.29) is 6.42 Å². The highest BCUT2D eigenvalue weighted by molar-refractivity contribution is 5.22. The minimum Gasteiger partial charge on any atom is -0.211 e. The highest BCUT2D eigenvalue weighted by Gasteiger charge is 2.31. The Morgan fingerprint density at radius 2 is 1.41 bits per heavy atom. The second kappa shape index (κ2) is 11.2. The van der Waals surface area contributed by atoms with Crippen LogP contribution in [0.5, 0.6) is 0 Å². The van der Waals surface area contributed by atoms with Gasteiger partial charge in [0.2, 0.25) is 6.43 Å². The fraction of sp³-hybridized carbons (Fsp3) is 0.680. The average molecular weight is 411 g/mol. The monoisotopic (exact) mass is 410 g/mol. The zero-order chi connectivity index (χ0) is 20.6. The lowest BCUT2D eigenvalue weighted by Gasteiger charge is -2.38. The van der Waals surface area contributed by atoms with Crippen molar-refractivity contribution < 1.29 is 17.6 Å². The molecule has 2 fully saturated rings. The molecule has 0 radical (unpaired) electrons. The molecule has 0 N–H and O–H groups in total. The third kappa shape index (κ3) is 6.86. The standard InChI is InChI=1S/C25H34F4/c26-23-16-15-22(17-24(23)27)21-13-11-20(12-14-21)19-9-7-18(8-10-19)5-3-1-2-4-6-25(28)29/h1-2,15-21,25H,3-14H2/b2-1+/t18-,19-,20?,21?. The maximum Gasteiger partial charge on any atom is 0.238 e. The molecule has 2 saturated carbocycles. The van der Waals surface area contributed by atoms with E-state index in [1.54, 1.807) is 6.07 Å². The van der Waals surface area contributed by atoms with Gasteiger partial charge in [-0.3, -0.25) is 0 Å². The second-order valence-electron chi connectivity index (χ2n) is 9.08. The van der Waals surface area contributed by atoms with Crippen molar-refractivity contribution >= 4 is 0 Å². The number of halogens is 4. The van der Waals surface area contributed by atoms with Gasteiger partial charge in [-0.05, 0) is 99.2 Å². The van der Waals surface area contributed by atoms with Crippen molar-refractivity contribution in [2.45, 2.75) is 89.4 Å². The Bertz CT molecular complexity index is 638. The molecule has 29 heavy (non-hydrogen) atoms. The third-order valence-corrected chi connectivity index (χ3v) is 7.20. The molecule has 0 aliphatic heterocycles. The van der Waals surface area contributed by atoms with Gasteiger partial charge >= 0.3 is 0 Å². The van der Waals surface area contributed by atoms with E-state index < -0.39 is 18.1 Å². The van der Waals surface area contributed by atoms with E-state index in [2.05, 4.69) is 6.08 Å². The molecular weight excluding hydrogens is 376 g/mol. The molecule has 0 heterocycles. The molecule has 0 aromatic heterocycles. The van der Waals surface area contributed by atoms with Crippen LogP contribution in [0.25, 0.3) is 0 Å². The molecule has 0 bridgehead atoms. The largest absolute Gasteiger partial charge is 0.238 e. The van der Waals surface area contributed by atoms with Gasteiger partial charge in [-0.2, -0.15) is 0 Å². The molecule has 0 nitrogen and oxygen atoms in total. The first kappa shape index (κ1) is 22.4. The van der Waals surface area contributed by atoms with Crippen molar-refractivity contribution in [2.24, 2.45) is 17.8 Å². The summed E-state index contributed by atoms with van der Waals surface area (Å²) in [5.41, 5.74) is 0.952. The third-order valence-electron chi connectivity index (χ3n) is 7.20. The van der Waals surface area contributed by atoms with Gasteiger partial charge in [0.15, 0.2) is 11.6 Å². The van der Waals surface area contributed by atoms with Crippen LogP contribution in [0.2, 0.25) is 0 Å². The van der Waals surface area contributed by atoms with Crippen molar-refractivity contribution in [2.75, 3.05) is 0 Å². The van der Waals surface area contributed by atoms with E-state index in [1.165, 1.54) is 57.1 Å². The summed E-state index contributed by atoms with van der Waals surface area (Å²) >= 11 is 0. The summed E-state index contributed by atoms with van der Waals surface area (Å²) < 4.78 is 50.9. The molecule has 0 amide bonds. The molecule has 0 spiro atoms. The Kier molecular flexibility index (Phi) is 8.62. The Hall–Kier alpha value is -1.32. The molecule has 1 aromatic rings. The summed E-state index contributed by atoms with van der Waals surface area (Å²) in [6.45, 7) is 0. The van der Waals surface area contributed by atoms with Gasteiger partial charge in [-0.1, -0.05) is 31.1 Å². The molecule has 0 atom stereocenters. The first-order valence-corrected chi connectivity index (χ1v) is 11.4. The predicted molar refractivity (Wildman–Crippen MR) is 110 cm³/mol. The molecular formula is C25H34F4. The van der Waals surface area contributed by atoms with Gasteiger partial charge in [0.1, 0.15) is 0 Å². The van der Waals surface area contributed by atoms with Gasteiger partial charge in [-0.15, -0.1) is 0 Å². The summed E-state index contributed by atoms with van der Waals surface area (Å²) in [4.78, 5) is 0. The normalized spacial score (nSPS) is 28.3. The van der Waals surface area contributed by atoms with Crippen LogP contribution in [0.3, 0.4) is 0 Å². The first-order chi connectivity index (χ1) is 14.0. The summed E-state index contributed by atoms with van der Waals surface area (Å²) in [7, 11) is 0. The van der Waals surface area contributed by atoms with Crippen LogP contribution in [0.15, 0.2) is 30.4 Å². The van der Waals surface area contributed by atoms with E-state index in [4.69, 9.17) is 0 Å². The van der Waals surface area contributed by atoms with Crippen LogP contribution in [0, 0.1) is 29.4 Å². The summed E-state index contributed by atoms with van der Waals surface area (Å²) in [6, 6.07) is 4.39. The summed E-state index contributed by atoms with van der Waals surface area (Å²) in [5, 5.41) is 0. The van der Waals surface area contributed by atoms with Crippen LogP contribution in [-0.2, 0) is 0 Å². The minimum atomic E-state index is -2.19. The van der Waals surface area contributed by atoms with Crippen LogP contribution in [-0.4, -0.2) is 6.43 Å². The average Bonchev–Trinajstić information content (AvgIpc) is 2.73. The highest BCUT2D eigenvalue weighted by Crippen LogP contribution is 2.44. The highest BCUT2D eigenvalue weighted by atomic mass is 19.3. The number of hydrogen-bond acceptors (Lipinski definition) is 0. The lowest BCUT2D eigenvalue weighted by molar-refractivity contribution is 0.139. The van der Waals surface area contributed by atoms with Crippen molar-refractivity contribution in [3.8, 4) is 0 Å². The van der Waals surface area contributed by atoms with Crippen molar-refractivity contribution in [3.63, 3.8) is 0 Å². The molecule has 3 rings (SSSR count). The van der Waals surface area contributed by atoms with Crippen molar-refractivity contribution in [3.05, 3.63) is 47.5 Å². The molecule has 2 aliphatic carbocycles. The van der Waals surface area contributed by atoms with Gasteiger partial charge in [0.25, 0.3) is 0 Å². The zero-order valence-electron chi connectivity index (χ0n) is 17.3. The fourth-order valence-corrected chi connectivity index (χ4v) is 5.43. The van der Waals surface area contributed by atoms with Gasteiger partial charge < -0.3 is 0 Å². The van der Waals surface area contributed by atoms with Crippen LogP contribution >= 0.6 is 0 Å². The van der Waals surface area contributed by atoms with Crippen molar-refractivity contribution in [1.29, 1.82) is 0 Å². The lowest BCUT2D eigenvalue weighted by atomic mass is 9.68. The Morgan fingerprint density at radius 1 is 0.793 bits per heavy atom. The fourth-order valence-electron chi connectivity index (χ4n) is 5.43. The topological polar surface area (TPSA) is 0 Å². The van der Waals surface area contributed by atoms with Crippen molar-refractivity contribution in [1.82, 2.24) is 0 Å². The molecule has 162 valence electrons. The molecule has 0 saturated heterocycles.